The van der Waals surface area contributed by atoms with E-state index in [2.05, 4.69) is 20.4 Å². The Hall–Kier alpha value is -1.22. The lowest BCUT2D eigenvalue weighted by molar-refractivity contribution is -0.713. The van der Waals surface area contributed by atoms with Crippen LogP contribution >= 0.6 is 0 Å². The van der Waals surface area contributed by atoms with Crippen LogP contribution in [-0.2, 0) is 19.1 Å². The Balaban J connectivity index is 1.06. The first-order valence-corrected chi connectivity index (χ1v) is 14.5. The number of morpholine rings is 1. The molecule has 8 unspecified atom stereocenters. The number of quaternary nitrogens is 1. The molecule has 2 saturated carbocycles. The molecular weight excluding hydrogens is 444 g/mol. The van der Waals surface area contributed by atoms with Gasteiger partial charge in [-0.2, -0.15) is 0 Å². The highest BCUT2D eigenvalue weighted by atomic mass is 16.5. The van der Waals surface area contributed by atoms with Gasteiger partial charge < -0.3 is 25.0 Å². The van der Waals surface area contributed by atoms with E-state index in [1.54, 1.807) is 0 Å². The largest absolute Gasteiger partial charge is 0.379 e. The number of nitrogens with zero attached hydrogens (tertiary/aromatic N) is 2. The molecule has 8 nitrogen and oxygen atoms in total. The van der Waals surface area contributed by atoms with Crippen molar-refractivity contribution in [3.63, 3.8) is 0 Å². The SMILES string of the molecule is C[C@@H](OC1CCC2C(C1)C1CC[NH2+]C3C4CCCCC4C(=O)N2C13)C(=O)NCCN1CCOCC1. The lowest BCUT2D eigenvalue weighted by Gasteiger charge is -2.50. The minimum Gasteiger partial charge on any atom is -0.379 e. The zero-order chi connectivity index (χ0) is 23.9. The van der Waals surface area contributed by atoms with Gasteiger partial charge in [0.15, 0.2) is 0 Å². The van der Waals surface area contributed by atoms with Gasteiger partial charge in [-0.05, 0) is 50.9 Å². The molecule has 0 aromatic heterocycles. The van der Waals surface area contributed by atoms with Crippen molar-refractivity contribution in [1.82, 2.24) is 15.1 Å². The molecule has 0 aromatic carbocycles. The molecule has 2 aliphatic carbocycles. The van der Waals surface area contributed by atoms with Crippen LogP contribution in [0.1, 0.15) is 58.3 Å². The van der Waals surface area contributed by atoms with E-state index in [0.717, 1.165) is 58.5 Å². The summed E-state index contributed by atoms with van der Waals surface area (Å²) in [6.45, 7) is 8.06. The van der Waals surface area contributed by atoms with Crippen LogP contribution in [0.4, 0.5) is 0 Å². The van der Waals surface area contributed by atoms with Crippen molar-refractivity contribution < 1.29 is 24.4 Å². The highest BCUT2D eigenvalue weighted by Crippen LogP contribution is 2.52. The minimum atomic E-state index is -0.429. The summed E-state index contributed by atoms with van der Waals surface area (Å²) in [5, 5.41) is 5.67. The van der Waals surface area contributed by atoms with Crippen molar-refractivity contribution in [3.8, 4) is 0 Å². The number of nitrogens with two attached hydrogens (primary N) is 1. The van der Waals surface area contributed by atoms with Crippen molar-refractivity contribution in [1.29, 1.82) is 0 Å². The summed E-state index contributed by atoms with van der Waals surface area (Å²) in [5.41, 5.74) is 0. The van der Waals surface area contributed by atoms with E-state index < -0.39 is 6.10 Å². The second-order valence-electron chi connectivity index (χ2n) is 12.0. The van der Waals surface area contributed by atoms with Crippen LogP contribution in [0.3, 0.4) is 0 Å². The fourth-order valence-electron chi connectivity index (χ4n) is 8.75. The maximum atomic E-state index is 13.7. The topological polar surface area (TPSA) is 87.7 Å². The second kappa shape index (κ2) is 10.3. The number of hydrogen-bond acceptors (Lipinski definition) is 5. The fourth-order valence-corrected chi connectivity index (χ4v) is 8.75. The standard InChI is InChI=1S/C27H44N4O4/c1-17(26(32)29-10-11-30-12-14-34-15-13-30)35-18-6-7-23-22(16-18)20-8-9-28-24-19-4-2-3-5-21(19)27(33)31(23)25(20)24/h17-25,28H,2-16H2,1H3,(H,29,32)/p+1/t17-,18?,19?,20?,21?,22?,23?,24?,25?/m1/s1. The first-order chi connectivity index (χ1) is 17.1. The van der Waals surface area contributed by atoms with E-state index in [4.69, 9.17) is 9.47 Å². The normalized spacial score (nSPS) is 42.1. The molecular formula is C27H45N4O4+. The monoisotopic (exact) mass is 489 g/mol. The molecule has 35 heavy (non-hydrogen) atoms. The van der Waals surface area contributed by atoms with Crippen LogP contribution in [0.5, 0.6) is 0 Å². The molecule has 6 aliphatic rings. The van der Waals surface area contributed by atoms with Gasteiger partial charge in [0, 0.05) is 50.5 Å². The molecule has 8 heteroatoms. The van der Waals surface area contributed by atoms with Crippen LogP contribution in [0, 0.1) is 23.7 Å². The molecule has 6 rings (SSSR count). The number of piperidine rings is 2. The van der Waals surface area contributed by atoms with E-state index in [0.29, 0.717) is 48.3 Å². The van der Waals surface area contributed by atoms with Gasteiger partial charge in [-0.1, -0.05) is 12.8 Å². The molecule has 2 amide bonds. The van der Waals surface area contributed by atoms with E-state index >= 15 is 0 Å². The molecule has 6 fully saturated rings. The third-order valence-electron chi connectivity index (χ3n) is 10.3. The molecule has 4 saturated heterocycles. The predicted octanol–water partition coefficient (Wildman–Crippen LogP) is 0.360. The Morgan fingerprint density at radius 2 is 1.94 bits per heavy atom. The molecule has 9 atom stereocenters. The lowest BCUT2D eigenvalue weighted by Crippen LogP contribution is -2.98. The van der Waals surface area contributed by atoms with Gasteiger partial charge in [-0.3, -0.25) is 14.5 Å². The molecule has 4 heterocycles. The summed E-state index contributed by atoms with van der Waals surface area (Å²) in [7, 11) is 0. The smallest absolute Gasteiger partial charge is 0.248 e. The molecule has 0 radical (unpaired) electrons. The van der Waals surface area contributed by atoms with Crippen LogP contribution in [0.25, 0.3) is 0 Å². The zero-order valence-corrected chi connectivity index (χ0v) is 21.4. The average molecular weight is 490 g/mol. The Morgan fingerprint density at radius 3 is 2.80 bits per heavy atom. The number of ether oxygens (including phenoxy) is 2. The Bertz CT molecular complexity index is 789. The third-order valence-corrected chi connectivity index (χ3v) is 10.3. The number of carbonyl (C=O) groups is 2. The first-order valence-electron chi connectivity index (χ1n) is 14.5. The third kappa shape index (κ3) is 4.53. The lowest BCUT2D eigenvalue weighted by atomic mass is 9.66. The van der Waals surface area contributed by atoms with Gasteiger partial charge in [0.05, 0.1) is 31.9 Å². The van der Waals surface area contributed by atoms with Gasteiger partial charge in [0.25, 0.3) is 0 Å². The summed E-state index contributed by atoms with van der Waals surface area (Å²) >= 11 is 0. The molecule has 0 aromatic rings. The number of amides is 2. The maximum absolute atomic E-state index is 13.7. The summed E-state index contributed by atoms with van der Waals surface area (Å²) in [6.07, 6.45) is 8.76. The summed E-state index contributed by atoms with van der Waals surface area (Å²) in [5.74, 6) is 2.50. The molecule has 196 valence electrons. The number of fused-ring (bicyclic) bond motifs is 5. The summed E-state index contributed by atoms with van der Waals surface area (Å²) in [6, 6.07) is 1.44. The van der Waals surface area contributed by atoms with Crippen molar-refractivity contribution in [2.24, 2.45) is 23.7 Å². The summed E-state index contributed by atoms with van der Waals surface area (Å²) < 4.78 is 11.8. The van der Waals surface area contributed by atoms with Crippen molar-refractivity contribution in [2.45, 2.75) is 88.6 Å². The van der Waals surface area contributed by atoms with Crippen molar-refractivity contribution in [2.75, 3.05) is 45.9 Å². The Kier molecular flexibility index (Phi) is 7.08. The minimum absolute atomic E-state index is 0.00388. The highest BCUT2D eigenvalue weighted by Gasteiger charge is 2.63. The van der Waals surface area contributed by atoms with Crippen molar-refractivity contribution in [3.05, 3.63) is 0 Å². The molecule has 0 spiro atoms. The van der Waals surface area contributed by atoms with Crippen LogP contribution in [0.2, 0.25) is 0 Å². The van der Waals surface area contributed by atoms with E-state index in [1.165, 1.54) is 32.2 Å². The number of rotatable bonds is 6. The predicted molar refractivity (Wildman–Crippen MR) is 131 cm³/mol. The molecule has 4 aliphatic heterocycles. The number of nitrogens with one attached hydrogen (secondary N) is 1. The van der Waals surface area contributed by atoms with E-state index in [9.17, 15) is 9.59 Å². The average Bonchev–Trinajstić information content (AvgIpc) is 3.22. The number of hydrogen-bond donors (Lipinski definition) is 2. The van der Waals surface area contributed by atoms with Crippen LogP contribution in [-0.4, -0.2) is 97.9 Å². The highest BCUT2D eigenvalue weighted by molar-refractivity contribution is 5.82. The van der Waals surface area contributed by atoms with Gasteiger partial charge in [0.2, 0.25) is 11.8 Å². The Labute approximate surface area is 209 Å². The van der Waals surface area contributed by atoms with Crippen molar-refractivity contribution >= 4 is 11.8 Å². The van der Waals surface area contributed by atoms with E-state index in [-0.39, 0.29) is 17.9 Å². The maximum Gasteiger partial charge on any atom is 0.248 e. The fraction of sp³-hybridized carbons (Fsp3) is 0.926. The summed E-state index contributed by atoms with van der Waals surface area (Å²) in [4.78, 5) is 31.2. The first kappa shape index (κ1) is 24.1. The molecule has 3 N–H and O–H groups in total. The van der Waals surface area contributed by atoms with E-state index in [1.807, 2.05) is 6.92 Å². The van der Waals surface area contributed by atoms with Gasteiger partial charge in [0.1, 0.15) is 12.1 Å². The van der Waals surface area contributed by atoms with Gasteiger partial charge >= 0.3 is 0 Å². The second-order valence-corrected chi connectivity index (χ2v) is 12.0. The zero-order valence-electron chi connectivity index (χ0n) is 21.4. The van der Waals surface area contributed by atoms with Gasteiger partial charge in [-0.15, -0.1) is 0 Å². The number of carbonyl (C=O) groups excluding carboxylic acids is 2. The quantitative estimate of drug-likeness (QED) is 0.563. The Morgan fingerprint density at radius 1 is 1.11 bits per heavy atom. The molecule has 0 bridgehead atoms. The van der Waals surface area contributed by atoms with Gasteiger partial charge in [-0.25, -0.2) is 0 Å². The van der Waals surface area contributed by atoms with Crippen LogP contribution in [0.15, 0.2) is 0 Å². The van der Waals surface area contributed by atoms with Crippen LogP contribution < -0.4 is 10.6 Å².